The number of aromatic hydroxyl groups is 1. The minimum absolute atomic E-state index is 0.0543. The van der Waals surface area contributed by atoms with Crippen molar-refractivity contribution in [3.05, 3.63) is 65.0 Å². The number of halogens is 1. The fourth-order valence-corrected chi connectivity index (χ4v) is 2.93. The van der Waals surface area contributed by atoms with Gasteiger partial charge in [0.05, 0.1) is 5.56 Å². The quantitative estimate of drug-likeness (QED) is 0.912. The highest BCUT2D eigenvalue weighted by atomic mass is 19.1. The molecule has 0 aromatic heterocycles. The van der Waals surface area contributed by atoms with Crippen LogP contribution in [0.1, 0.15) is 26.3 Å². The maximum atomic E-state index is 13.4. The molecule has 0 aliphatic carbocycles. The number of carbonyl (C=O) groups excluding carboxylic acids is 2. The van der Waals surface area contributed by atoms with Crippen molar-refractivity contribution in [1.29, 1.82) is 0 Å². The molecule has 0 bridgehead atoms. The molecule has 5 nitrogen and oxygen atoms in total. The van der Waals surface area contributed by atoms with Gasteiger partial charge in [-0.1, -0.05) is 18.2 Å². The molecule has 2 aromatic carbocycles. The maximum Gasteiger partial charge on any atom is 0.257 e. The Morgan fingerprint density at radius 3 is 2.08 bits per heavy atom. The van der Waals surface area contributed by atoms with Gasteiger partial charge in [-0.05, 0) is 36.8 Å². The molecule has 0 radical (unpaired) electrons. The standard InChI is InChI=1S/C19H19FN2O3/c1-13-6-7-14(20)12-16(13)19(25)22-10-8-21(9-11-22)18(24)15-4-2-3-5-17(15)23/h2-7,12,23H,8-11H2,1H3. The second-order valence-corrected chi connectivity index (χ2v) is 6.06. The second-order valence-electron chi connectivity index (χ2n) is 6.06. The van der Waals surface area contributed by atoms with Crippen molar-refractivity contribution < 1.29 is 19.1 Å². The zero-order valence-electron chi connectivity index (χ0n) is 13.9. The Kier molecular flexibility index (Phi) is 4.70. The molecule has 0 saturated carbocycles. The molecule has 1 N–H and O–H groups in total. The Morgan fingerprint density at radius 2 is 1.48 bits per heavy atom. The molecule has 1 saturated heterocycles. The van der Waals surface area contributed by atoms with Gasteiger partial charge in [0.1, 0.15) is 11.6 Å². The summed E-state index contributed by atoms with van der Waals surface area (Å²) in [6, 6.07) is 10.6. The van der Waals surface area contributed by atoms with Crippen molar-refractivity contribution in [2.24, 2.45) is 0 Å². The summed E-state index contributed by atoms with van der Waals surface area (Å²) in [7, 11) is 0. The number of nitrogens with zero attached hydrogens (tertiary/aromatic N) is 2. The summed E-state index contributed by atoms with van der Waals surface area (Å²) >= 11 is 0. The van der Waals surface area contributed by atoms with Crippen molar-refractivity contribution in [2.75, 3.05) is 26.2 Å². The third kappa shape index (κ3) is 3.47. The molecule has 0 spiro atoms. The van der Waals surface area contributed by atoms with Crippen molar-refractivity contribution in [2.45, 2.75) is 6.92 Å². The van der Waals surface area contributed by atoms with Crippen LogP contribution in [0.2, 0.25) is 0 Å². The summed E-state index contributed by atoms with van der Waals surface area (Å²) < 4.78 is 13.4. The Balaban J connectivity index is 1.68. The Morgan fingerprint density at radius 1 is 0.920 bits per heavy atom. The smallest absolute Gasteiger partial charge is 0.257 e. The van der Waals surface area contributed by atoms with Crippen LogP contribution >= 0.6 is 0 Å². The topological polar surface area (TPSA) is 60.9 Å². The summed E-state index contributed by atoms with van der Waals surface area (Å²) in [5, 5.41) is 9.81. The lowest BCUT2D eigenvalue weighted by atomic mass is 10.1. The van der Waals surface area contributed by atoms with E-state index in [0.717, 1.165) is 5.56 Å². The van der Waals surface area contributed by atoms with E-state index in [1.807, 2.05) is 0 Å². The van der Waals surface area contributed by atoms with Crippen LogP contribution in [0.3, 0.4) is 0 Å². The van der Waals surface area contributed by atoms with Gasteiger partial charge in [0.15, 0.2) is 0 Å². The number of hydrogen-bond acceptors (Lipinski definition) is 3. The number of rotatable bonds is 2. The summed E-state index contributed by atoms with van der Waals surface area (Å²) in [6.45, 7) is 3.24. The van der Waals surface area contributed by atoms with E-state index in [1.165, 1.54) is 18.2 Å². The van der Waals surface area contributed by atoms with Crippen LogP contribution in [0.4, 0.5) is 4.39 Å². The number of phenols is 1. The predicted octanol–water partition coefficient (Wildman–Crippen LogP) is 2.44. The number of carbonyl (C=O) groups is 2. The van der Waals surface area contributed by atoms with Crippen LogP contribution in [0.15, 0.2) is 42.5 Å². The molecule has 1 heterocycles. The third-order valence-electron chi connectivity index (χ3n) is 4.42. The van der Waals surface area contributed by atoms with Gasteiger partial charge in [-0.15, -0.1) is 0 Å². The Hall–Kier alpha value is -2.89. The fraction of sp³-hybridized carbons (Fsp3) is 0.263. The number of phenolic OH excluding ortho intramolecular Hbond substituents is 1. The number of hydrogen-bond donors (Lipinski definition) is 1. The van der Waals surface area contributed by atoms with E-state index in [1.54, 1.807) is 41.0 Å². The molecule has 3 rings (SSSR count). The molecular weight excluding hydrogens is 323 g/mol. The maximum absolute atomic E-state index is 13.4. The highest BCUT2D eigenvalue weighted by molar-refractivity contribution is 5.98. The van der Waals surface area contributed by atoms with Crippen molar-refractivity contribution in [3.8, 4) is 5.75 Å². The first-order valence-electron chi connectivity index (χ1n) is 8.10. The molecule has 0 unspecified atom stereocenters. The van der Waals surface area contributed by atoms with Gasteiger partial charge in [0, 0.05) is 31.7 Å². The monoisotopic (exact) mass is 342 g/mol. The number of piperazine rings is 1. The average Bonchev–Trinajstić information content (AvgIpc) is 2.63. The van der Waals surface area contributed by atoms with Gasteiger partial charge in [-0.2, -0.15) is 0 Å². The molecule has 2 amide bonds. The SMILES string of the molecule is Cc1ccc(F)cc1C(=O)N1CCN(C(=O)c2ccccc2O)CC1. The summed E-state index contributed by atoms with van der Waals surface area (Å²) in [6.07, 6.45) is 0. The van der Waals surface area contributed by atoms with Crippen molar-refractivity contribution in [3.63, 3.8) is 0 Å². The van der Waals surface area contributed by atoms with E-state index < -0.39 is 5.82 Å². The summed E-state index contributed by atoms with van der Waals surface area (Å²) in [4.78, 5) is 28.3. The van der Waals surface area contributed by atoms with Gasteiger partial charge in [0.25, 0.3) is 11.8 Å². The van der Waals surface area contributed by atoms with E-state index in [4.69, 9.17) is 0 Å². The molecule has 6 heteroatoms. The van der Waals surface area contributed by atoms with E-state index in [-0.39, 0.29) is 23.1 Å². The lowest BCUT2D eigenvalue weighted by molar-refractivity contribution is 0.0533. The van der Waals surface area contributed by atoms with Crippen LogP contribution in [0.25, 0.3) is 0 Å². The normalized spacial score (nSPS) is 14.5. The molecule has 25 heavy (non-hydrogen) atoms. The lowest BCUT2D eigenvalue weighted by Crippen LogP contribution is -2.50. The third-order valence-corrected chi connectivity index (χ3v) is 4.42. The van der Waals surface area contributed by atoms with Gasteiger partial charge < -0.3 is 14.9 Å². The average molecular weight is 342 g/mol. The molecular formula is C19H19FN2O3. The van der Waals surface area contributed by atoms with Crippen LogP contribution in [-0.4, -0.2) is 52.9 Å². The molecule has 1 aliphatic heterocycles. The zero-order chi connectivity index (χ0) is 18.0. The first kappa shape index (κ1) is 17.0. The number of amides is 2. The summed E-state index contributed by atoms with van der Waals surface area (Å²) in [5.74, 6) is -0.984. The van der Waals surface area contributed by atoms with E-state index in [0.29, 0.717) is 31.7 Å². The second kappa shape index (κ2) is 6.93. The van der Waals surface area contributed by atoms with Crippen molar-refractivity contribution in [1.82, 2.24) is 9.80 Å². The van der Waals surface area contributed by atoms with Gasteiger partial charge in [-0.25, -0.2) is 4.39 Å². The number of para-hydroxylation sites is 1. The molecule has 0 atom stereocenters. The molecule has 1 fully saturated rings. The number of benzene rings is 2. The predicted molar refractivity (Wildman–Crippen MR) is 91.1 cm³/mol. The number of aryl methyl sites for hydroxylation is 1. The van der Waals surface area contributed by atoms with Gasteiger partial charge in [-0.3, -0.25) is 9.59 Å². The van der Waals surface area contributed by atoms with Crippen molar-refractivity contribution >= 4 is 11.8 Å². The Bertz CT molecular complexity index is 814. The van der Waals surface area contributed by atoms with Crippen LogP contribution in [0.5, 0.6) is 5.75 Å². The largest absolute Gasteiger partial charge is 0.507 e. The molecule has 1 aliphatic rings. The van der Waals surface area contributed by atoms with E-state index in [9.17, 15) is 19.1 Å². The highest BCUT2D eigenvalue weighted by Crippen LogP contribution is 2.20. The van der Waals surface area contributed by atoms with E-state index >= 15 is 0 Å². The first-order valence-corrected chi connectivity index (χ1v) is 8.10. The van der Waals surface area contributed by atoms with Crippen LogP contribution in [-0.2, 0) is 0 Å². The van der Waals surface area contributed by atoms with Gasteiger partial charge in [0.2, 0.25) is 0 Å². The van der Waals surface area contributed by atoms with Gasteiger partial charge >= 0.3 is 0 Å². The zero-order valence-corrected chi connectivity index (χ0v) is 13.9. The van der Waals surface area contributed by atoms with E-state index in [2.05, 4.69) is 0 Å². The minimum Gasteiger partial charge on any atom is -0.507 e. The first-order chi connectivity index (χ1) is 12.0. The van der Waals surface area contributed by atoms with Crippen LogP contribution < -0.4 is 0 Å². The highest BCUT2D eigenvalue weighted by Gasteiger charge is 2.27. The molecule has 130 valence electrons. The minimum atomic E-state index is -0.442. The fourth-order valence-electron chi connectivity index (χ4n) is 2.93. The summed E-state index contributed by atoms with van der Waals surface area (Å²) in [5.41, 5.74) is 1.32. The molecule has 2 aromatic rings. The Labute approximate surface area is 145 Å². The lowest BCUT2D eigenvalue weighted by Gasteiger charge is -2.35. The van der Waals surface area contributed by atoms with Crippen LogP contribution in [0, 0.1) is 12.7 Å².